The summed E-state index contributed by atoms with van der Waals surface area (Å²) in [7, 11) is 0. The summed E-state index contributed by atoms with van der Waals surface area (Å²) in [4.78, 5) is 36.5. The number of nitrogens with one attached hydrogen (secondary N) is 1. The highest BCUT2D eigenvalue weighted by atomic mass is 16.5. The molecule has 2 aromatic carbocycles. The molecule has 4 aromatic rings. The molecule has 0 amide bonds. The van der Waals surface area contributed by atoms with Gasteiger partial charge in [-0.2, -0.15) is 15.0 Å². The van der Waals surface area contributed by atoms with Crippen molar-refractivity contribution in [1.29, 1.82) is 0 Å². The second kappa shape index (κ2) is 9.29. The standard InChI is InChI=1S/C22H22N6O4/c1-14-7-2-3-8-15(14)24-21-26-18(25-20(23)27-21)13-31-19(29)11-6-12-28-16-9-4-5-10-17(16)32-22(28)30/h2-5,7-10H,6,11-13H2,1H3,(H3,23,24,25,26,27). The predicted molar refractivity (Wildman–Crippen MR) is 118 cm³/mol. The van der Waals surface area contributed by atoms with Gasteiger partial charge in [-0.05, 0) is 37.1 Å². The summed E-state index contributed by atoms with van der Waals surface area (Å²) >= 11 is 0. The van der Waals surface area contributed by atoms with Crippen molar-refractivity contribution in [2.45, 2.75) is 32.9 Å². The number of hydrogen-bond donors (Lipinski definition) is 2. The molecule has 2 aromatic heterocycles. The second-order valence-electron chi connectivity index (χ2n) is 7.12. The molecule has 0 fully saturated rings. The van der Waals surface area contributed by atoms with E-state index < -0.39 is 11.7 Å². The molecule has 0 atom stereocenters. The van der Waals surface area contributed by atoms with Gasteiger partial charge in [-0.15, -0.1) is 0 Å². The fourth-order valence-corrected chi connectivity index (χ4v) is 3.22. The molecule has 0 aliphatic heterocycles. The zero-order valence-corrected chi connectivity index (χ0v) is 17.4. The van der Waals surface area contributed by atoms with Gasteiger partial charge >= 0.3 is 11.7 Å². The number of nitrogens with two attached hydrogens (primary N) is 1. The maximum absolute atomic E-state index is 12.1. The van der Waals surface area contributed by atoms with Gasteiger partial charge in [0.25, 0.3) is 0 Å². The van der Waals surface area contributed by atoms with Crippen LogP contribution in [0.25, 0.3) is 11.1 Å². The van der Waals surface area contributed by atoms with Crippen LogP contribution in [0.15, 0.2) is 57.7 Å². The van der Waals surface area contributed by atoms with Crippen LogP contribution in [-0.2, 0) is 22.7 Å². The third kappa shape index (κ3) is 4.91. The third-order valence-corrected chi connectivity index (χ3v) is 4.79. The molecule has 32 heavy (non-hydrogen) atoms. The number of carbonyl (C=O) groups is 1. The molecular formula is C22H22N6O4. The van der Waals surface area contributed by atoms with E-state index in [0.29, 0.717) is 24.1 Å². The van der Waals surface area contributed by atoms with Gasteiger partial charge in [0.1, 0.15) is 0 Å². The Hall–Kier alpha value is -4.21. The summed E-state index contributed by atoms with van der Waals surface area (Å²) in [5.41, 5.74) is 8.83. The summed E-state index contributed by atoms with van der Waals surface area (Å²) in [5, 5.41) is 3.09. The normalized spacial score (nSPS) is 10.9. The quantitative estimate of drug-likeness (QED) is 0.401. The number of esters is 1. The Bertz CT molecular complexity index is 1310. The van der Waals surface area contributed by atoms with Gasteiger partial charge in [0.2, 0.25) is 11.9 Å². The van der Waals surface area contributed by atoms with Gasteiger partial charge in [-0.3, -0.25) is 9.36 Å². The first-order chi connectivity index (χ1) is 15.5. The Morgan fingerprint density at radius 3 is 2.75 bits per heavy atom. The molecule has 3 N–H and O–H groups in total. The smallest absolute Gasteiger partial charge is 0.419 e. The van der Waals surface area contributed by atoms with Gasteiger partial charge in [0.05, 0.1) is 5.52 Å². The molecular weight excluding hydrogens is 412 g/mol. The van der Waals surface area contributed by atoms with E-state index in [2.05, 4.69) is 20.3 Å². The van der Waals surface area contributed by atoms with Crippen LogP contribution in [0.5, 0.6) is 0 Å². The second-order valence-corrected chi connectivity index (χ2v) is 7.12. The molecule has 0 aliphatic carbocycles. The molecule has 0 bridgehead atoms. The topological polar surface area (TPSA) is 138 Å². The highest BCUT2D eigenvalue weighted by Gasteiger charge is 2.12. The lowest BCUT2D eigenvalue weighted by molar-refractivity contribution is -0.145. The molecule has 4 rings (SSSR count). The fourth-order valence-electron chi connectivity index (χ4n) is 3.22. The molecule has 2 heterocycles. The van der Waals surface area contributed by atoms with Crippen molar-refractivity contribution in [2.24, 2.45) is 0 Å². The van der Waals surface area contributed by atoms with E-state index in [9.17, 15) is 9.59 Å². The van der Waals surface area contributed by atoms with E-state index in [-0.39, 0.29) is 30.7 Å². The first kappa shape index (κ1) is 21.0. The van der Waals surface area contributed by atoms with Crippen LogP contribution in [0.1, 0.15) is 24.2 Å². The Labute approximate surface area is 183 Å². The molecule has 0 spiro atoms. The molecule has 0 radical (unpaired) electrons. The summed E-state index contributed by atoms with van der Waals surface area (Å²) in [6.07, 6.45) is 0.544. The van der Waals surface area contributed by atoms with Crippen LogP contribution in [0.3, 0.4) is 0 Å². The molecule has 0 saturated heterocycles. The number of carbonyl (C=O) groups excluding carboxylic acids is 1. The van der Waals surface area contributed by atoms with Crippen molar-refractivity contribution in [1.82, 2.24) is 19.5 Å². The maximum atomic E-state index is 12.1. The molecule has 10 nitrogen and oxygen atoms in total. The number of nitrogens with zero attached hydrogens (tertiary/aromatic N) is 4. The summed E-state index contributed by atoms with van der Waals surface area (Å²) in [6, 6.07) is 14.8. The maximum Gasteiger partial charge on any atom is 0.419 e. The number of fused-ring (bicyclic) bond motifs is 1. The number of aromatic nitrogens is 4. The van der Waals surface area contributed by atoms with Crippen LogP contribution in [0.4, 0.5) is 17.6 Å². The number of nitrogen functional groups attached to an aromatic ring is 1. The number of para-hydroxylation sites is 3. The van der Waals surface area contributed by atoms with E-state index in [1.165, 1.54) is 4.57 Å². The summed E-state index contributed by atoms with van der Waals surface area (Å²) < 4.78 is 11.9. The number of aryl methyl sites for hydroxylation is 2. The Morgan fingerprint density at radius 2 is 1.91 bits per heavy atom. The monoisotopic (exact) mass is 434 g/mol. The molecule has 0 unspecified atom stereocenters. The van der Waals surface area contributed by atoms with Crippen molar-refractivity contribution < 1.29 is 13.9 Å². The van der Waals surface area contributed by atoms with Gasteiger partial charge in [0.15, 0.2) is 18.0 Å². The van der Waals surface area contributed by atoms with Crippen molar-refractivity contribution in [3.05, 3.63) is 70.5 Å². The van der Waals surface area contributed by atoms with Crippen molar-refractivity contribution in [2.75, 3.05) is 11.1 Å². The number of hydrogen-bond acceptors (Lipinski definition) is 9. The van der Waals surface area contributed by atoms with Crippen molar-refractivity contribution in [3.8, 4) is 0 Å². The highest BCUT2D eigenvalue weighted by Crippen LogP contribution is 2.18. The van der Waals surface area contributed by atoms with E-state index in [1.807, 2.05) is 37.3 Å². The largest absolute Gasteiger partial charge is 0.457 e. The minimum atomic E-state index is -0.450. The Kier molecular flexibility index (Phi) is 6.11. The third-order valence-electron chi connectivity index (χ3n) is 4.79. The van der Waals surface area contributed by atoms with Crippen LogP contribution in [0.2, 0.25) is 0 Å². The first-order valence-corrected chi connectivity index (χ1v) is 10.1. The minimum Gasteiger partial charge on any atom is -0.457 e. The SMILES string of the molecule is Cc1ccccc1Nc1nc(N)nc(COC(=O)CCCn2c(=O)oc3ccccc32)n1. The average Bonchev–Trinajstić information content (AvgIpc) is 3.09. The number of benzene rings is 2. The van der Waals surface area contributed by atoms with Crippen molar-refractivity contribution >= 4 is 34.7 Å². The summed E-state index contributed by atoms with van der Waals surface area (Å²) in [5.74, 6) is -0.358. The molecule has 164 valence electrons. The Morgan fingerprint density at radius 1 is 1.12 bits per heavy atom. The minimum absolute atomic E-state index is 0.0216. The first-order valence-electron chi connectivity index (χ1n) is 10.1. The van der Waals surface area contributed by atoms with Gasteiger partial charge in [-0.1, -0.05) is 30.3 Å². The van der Waals surface area contributed by atoms with Gasteiger partial charge in [-0.25, -0.2) is 4.79 Å². The fraction of sp³-hybridized carbons (Fsp3) is 0.227. The lowest BCUT2D eigenvalue weighted by Crippen LogP contribution is -2.16. The molecule has 10 heteroatoms. The lowest BCUT2D eigenvalue weighted by Gasteiger charge is -2.10. The lowest BCUT2D eigenvalue weighted by atomic mass is 10.2. The van der Waals surface area contributed by atoms with Gasteiger partial charge < -0.3 is 20.2 Å². The number of rotatable bonds is 8. The van der Waals surface area contributed by atoms with E-state index in [4.69, 9.17) is 14.9 Å². The predicted octanol–water partition coefficient (Wildman–Crippen LogP) is 2.94. The number of oxazole rings is 1. The average molecular weight is 434 g/mol. The zero-order valence-electron chi connectivity index (χ0n) is 17.4. The molecule has 0 saturated carbocycles. The van der Waals surface area contributed by atoms with Crippen LogP contribution >= 0.6 is 0 Å². The van der Waals surface area contributed by atoms with E-state index in [1.54, 1.807) is 18.2 Å². The molecule has 0 aliphatic rings. The van der Waals surface area contributed by atoms with Crippen LogP contribution in [-0.4, -0.2) is 25.5 Å². The van der Waals surface area contributed by atoms with Crippen LogP contribution in [0, 0.1) is 6.92 Å². The number of ether oxygens (including phenoxy) is 1. The van der Waals surface area contributed by atoms with E-state index in [0.717, 1.165) is 11.3 Å². The zero-order chi connectivity index (χ0) is 22.5. The van der Waals surface area contributed by atoms with Crippen LogP contribution < -0.4 is 16.8 Å². The van der Waals surface area contributed by atoms with E-state index >= 15 is 0 Å². The van der Waals surface area contributed by atoms with Gasteiger partial charge in [0, 0.05) is 18.7 Å². The Balaban J connectivity index is 1.32. The number of anilines is 3. The van der Waals surface area contributed by atoms with Crippen molar-refractivity contribution in [3.63, 3.8) is 0 Å². The summed E-state index contributed by atoms with van der Waals surface area (Å²) in [6.45, 7) is 2.16. The highest BCUT2D eigenvalue weighted by molar-refractivity contribution is 5.72.